The van der Waals surface area contributed by atoms with Crippen molar-refractivity contribution < 1.29 is 9.53 Å². The number of hydrogen-bond donors (Lipinski definition) is 1. The zero-order valence-electron chi connectivity index (χ0n) is 10.2. The summed E-state index contributed by atoms with van der Waals surface area (Å²) in [6, 6.07) is -0.0819. The van der Waals surface area contributed by atoms with Crippen molar-refractivity contribution in [2.75, 3.05) is 32.8 Å². The molecule has 92 valence electrons. The Morgan fingerprint density at radius 1 is 1.50 bits per heavy atom. The van der Waals surface area contributed by atoms with E-state index in [2.05, 4.69) is 10.2 Å². The minimum atomic E-state index is -0.0819. The first kappa shape index (κ1) is 11.9. The lowest BCUT2D eigenvalue weighted by Gasteiger charge is -2.37. The summed E-state index contributed by atoms with van der Waals surface area (Å²) in [5.74, 6) is 1.48. The molecule has 1 N–H and O–H groups in total. The fraction of sp³-hybridized carbons (Fsp3) is 0.917. The van der Waals surface area contributed by atoms with Gasteiger partial charge in [0.15, 0.2) is 0 Å². The molecule has 0 aliphatic carbocycles. The van der Waals surface area contributed by atoms with E-state index in [1.54, 1.807) is 0 Å². The topological polar surface area (TPSA) is 41.6 Å². The summed E-state index contributed by atoms with van der Waals surface area (Å²) >= 11 is 0. The number of hydrogen-bond acceptors (Lipinski definition) is 4. The first-order chi connectivity index (χ1) is 7.72. The fourth-order valence-corrected chi connectivity index (χ4v) is 2.83. The van der Waals surface area contributed by atoms with Crippen LogP contribution in [0, 0.1) is 11.8 Å². The third kappa shape index (κ3) is 2.38. The maximum Gasteiger partial charge on any atom is 0.323 e. The van der Waals surface area contributed by atoms with Crippen LogP contribution >= 0.6 is 0 Å². The van der Waals surface area contributed by atoms with Gasteiger partial charge in [-0.2, -0.15) is 0 Å². The maximum atomic E-state index is 11.7. The average Bonchev–Trinajstić information content (AvgIpc) is 2.75. The van der Waals surface area contributed by atoms with Crippen LogP contribution in [-0.2, 0) is 9.53 Å². The van der Waals surface area contributed by atoms with Gasteiger partial charge in [-0.25, -0.2) is 0 Å². The molecule has 2 aliphatic rings. The van der Waals surface area contributed by atoms with Crippen molar-refractivity contribution in [1.82, 2.24) is 10.2 Å². The van der Waals surface area contributed by atoms with E-state index < -0.39 is 0 Å². The molecule has 0 amide bonds. The van der Waals surface area contributed by atoms with Crippen LogP contribution in [0.5, 0.6) is 0 Å². The minimum absolute atomic E-state index is 0.0769. The molecule has 2 aliphatic heterocycles. The third-order valence-electron chi connectivity index (χ3n) is 3.91. The Hall–Kier alpha value is -0.610. The average molecular weight is 226 g/mol. The Bertz CT molecular complexity index is 257. The summed E-state index contributed by atoms with van der Waals surface area (Å²) in [5.41, 5.74) is 0. The number of carbonyl (C=O) groups is 1. The Kier molecular flexibility index (Phi) is 3.82. The third-order valence-corrected chi connectivity index (χ3v) is 3.91. The van der Waals surface area contributed by atoms with Crippen LogP contribution in [0.2, 0.25) is 0 Å². The van der Waals surface area contributed by atoms with E-state index in [0.29, 0.717) is 6.61 Å². The van der Waals surface area contributed by atoms with E-state index in [9.17, 15) is 4.79 Å². The number of rotatable bonds is 3. The van der Waals surface area contributed by atoms with E-state index in [1.165, 1.54) is 6.42 Å². The molecule has 3 atom stereocenters. The van der Waals surface area contributed by atoms with Gasteiger partial charge in [-0.3, -0.25) is 9.69 Å². The number of piperidine rings is 1. The van der Waals surface area contributed by atoms with Crippen LogP contribution < -0.4 is 5.32 Å². The monoisotopic (exact) mass is 226 g/mol. The molecule has 0 aromatic carbocycles. The standard InChI is InChI=1S/C12H22N2O2/c1-3-16-12(15)9(2)14-5-4-10-6-13-7-11(10)8-14/h9-11,13H,3-8H2,1-2H3. The van der Waals surface area contributed by atoms with Crippen LogP contribution in [0.3, 0.4) is 0 Å². The summed E-state index contributed by atoms with van der Waals surface area (Å²) in [5, 5.41) is 3.44. The number of nitrogens with zero attached hydrogens (tertiary/aromatic N) is 1. The van der Waals surface area contributed by atoms with Crippen molar-refractivity contribution in [2.24, 2.45) is 11.8 Å². The lowest BCUT2D eigenvalue weighted by molar-refractivity contribution is -0.149. The van der Waals surface area contributed by atoms with Crippen molar-refractivity contribution in [1.29, 1.82) is 0 Å². The predicted octanol–water partition coefficient (Wildman–Crippen LogP) is 0.479. The smallest absolute Gasteiger partial charge is 0.323 e. The molecular weight excluding hydrogens is 204 g/mol. The molecule has 0 aromatic rings. The van der Waals surface area contributed by atoms with Gasteiger partial charge in [0, 0.05) is 6.54 Å². The largest absolute Gasteiger partial charge is 0.465 e. The molecule has 3 unspecified atom stereocenters. The van der Waals surface area contributed by atoms with Crippen molar-refractivity contribution in [3.05, 3.63) is 0 Å². The van der Waals surface area contributed by atoms with Crippen molar-refractivity contribution >= 4 is 5.97 Å². The summed E-state index contributed by atoms with van der Waals surface area (Å²) in [6.07, 6.45) is 1.21. The molecule has 0 saturated carbocycles. The molecule has 4 nitrogen and oxygen atoms in total. The van der Waals surface area contributed by atoms with Gasteiger partial charge in [0.05, 0.1) is 6.61 Å². The van der Waals surface area contributed by atoms with Crippen LogP contribution in [0.4, 0.5) is 0 Å². The highest BCUT2D eigenvalue weighted by atomic mass is 16.5. The van der Waals surface area contributed by atoms with Crippen molar-refractivity contribution in [3.8, 4) is 0 Å². The van der Waals surface area contributed by atoms with Gasteiger partial charge in [-0.1, -0.05) is 0 Å². The van der Waals surface area contributed by atoms with Gasteiger partial charge in [0.25, 0.3) is 0 Å². The highest BCUT2D eigenvalue weighted by Gasteiger charge is 2.35. The molecule has 0 aromatic heterocycles. The highest BCUT2D eigenvalue weighted by Crippen LogP contribution is 2.27. The Balaban J connectivity index is 1.88. The molecule has 2 rings (SSSR count). The molecular formula is C12H22N2O2. The summed E-state index contributed by atoms with van der Waals surface area (Å²) < 4.78 is 5.07. The Morgan fingerprint density at radius 3 is 3.00 bits per heavy atom. The maximum absolute atomic E-state index is 11.7. The molecule has 0 radical (unpaired) electrons. The summed E-state index contributed by atoms with van der Waals surface area (Å²) in [7, 11) is 0. The zero-order valence-corrected chi connectivity index (χ0v) is 10.2. The second kappa shape index (κ2) is 5.15. The van der Waals surface area contributed by atoms with E-state index in [0.717, 1.165) is 38.0 Å². The number of carbonyl (C=O) groups excluding carboxylic acids is 1. The highest BCUT2D eigenvalue weighted by molar-refractivity contribution is 5.75. The van der Waals surface area contributed by atoms with Gasteiger partial charge in [-0.15, -0.1) is 0 Å². The number of nitrogens with one attached hydrogen (secondary N) is 1. The van der Waals surface area contributed by atoms with Crippen LogP contribution in [0.25, 0.3) is 0 Å². The lowest BCUT2D eigenvalue weighted by atomic mass is 9.88. The van der Waals surface area contributed by atoms with E-state index in [4.69, 9.17) is 4.74 Å². The van der Waals surface area contributed by atoms with Crippen LogP contribution in [0.15, 0.2) is 0 Å². The summed E-state index contributed by atoms with van der Waals surface area (Å²) in [4.78, 5) is 13.9. The van der Waals surface area contributed by atoms with Gasteiger partial charge in [0.2, 0.25) is 0 Å². The molecule has 2 saturated heterocycles. The van der Waals surface area contributed by atoms with Crippen LogP contribution in [-0.4, -0.2) is 49.7 Å². The van der Waals surface area contributed by atoms with Gasteiger partial charge < -0.3 is 10.1 Å². The summed E-state index contributed by atoms with van der Waals surface area (Å²) in [6.45, 7) is 8.63. The minimum Gasteiger partial charge on any atom is -0.465 e. The molecule has 2 heterocycles. The second-order valence-corrected chi connectivity index (χ2v) is 4.89. The number of likely N-dealkylation sites (tertiary alicyclic amines) is 1. The molecule has 0 bridgehead atoms. The predicted molar refractivity (Wildman–Crippen MR) is 62.1 cm³/mol. The second-order valence-electron chi connectivity index (χ2n) is 4.89. The Labute approximate surface area is 97.3 Å². The van der Waals surface area contributed by atoms with E-state index in [1.807, 2.05) is 13.8 Å². The van der Waals surface area contributed by atoms with Crippen LogP contribution in [0.1, 0.15) is 20.3 Å². The van der Waals surface area contributed by atoms with Crippen molar-refractivity contribution in [2.45, 2.75) is 26.3 Å². The Morgan fingerprint density at radius 2 is 2.25 bits per heavy atom. The normalized spacial score (nSPS) is 32.1. The number of ether oxygens (including phenoxy) is 1. The van der Waals surface area contributed by atoms with E-state index in [-0.39, 0.29) is 12.0 Å². The molecule has 4 heteroatoms. The lowest BCUT2D eigenvalue weighted by Crippen LogP contribution is -2.48. The molecule has 2 fully saturated rings. The van der Waals surface area contributed by atoms with E-state index >= 15 is 0 Å². The SMILES string of the molecule is CCOC(=O)C(C)N1CCC2CNCC2C1. The number of fused-ring (bicyclic) bond motifs is 1. The van der Waals surface area contributed by atoms with Gasteiger partial charge >= 0.3 is 5.97 Å². The first-order valence-corrected chi connectivity index (χ1v) is 6.33. The van der Waals surface area contributed by atoms with Gasteiger partial charge in [-0.05, 0) is 51.7 Å². The zero-order chi connectivity index (χ0) is 11.5. The molecule has 16 heavy (non-hydrogen) atoms. The first-order valence-electron chi connectivity index (χ1n) is 6.33. The quantitative estimate of drug-likeness (QED) is 0.711. The van der Waals surface area contributed by atoms with Crippen molar-refractivity contribution in [3.63, 3.8) is 0 Å². The number of esters is 1. The van der Waals surface area contributed by atoms with Gasteiger partial charge in [0.1, 0.15) is 6.04 Å². The fourth-order valence-electron chi connectivity index (χ4n) is 2.83. The molecule has 0 spiro atoms.